The molecule has 2 rings (SSSR count). The number of nitrogens with zero attached hydrogens (tertiary/aromatic N) is 1. The normalized spacial score (nSPS) is 18.9. The first-order chi connectivity index (χ1) is 9.72. The molecule has 1 aromatic rings. The van der Waals surface area contributed by atoms with Crippen molar-refractivity contribution >= 4 is 0 Å². The Bertz CT molecular complexity index is 507. The Balaban J connectivity index is 2.00. The lowest BCUT2D eigenvalue weighted by molar-refractivity contribution is 0.152. The van der Waals surface area contributed by atoms with Crippen LogP contribution in [0.25, 0.3) is 0 Å². The fraction of sp³-hybridized carbons (Fsp3) is 0.500. The highest BCUT2D eigenvalue weighted by Crippen LogP contribution is 2.19. The maximum atomic E-state index is 13.6. The van der Waals surface area contributed by atoms with Crippen LogP contribution in [0.2, 0.25) is 0 Å². The van der Waals surface area contributed by atoms with E-state index in [-0.39, 0.29) is 12.4 Å². The highest BCUT2D eigenvalue weighted by atomic mass is 19.1. The fourth-order valence-electron chi connectivity index (χ4n) is 2.60. The van der Waals surface area contributed by atoms with Gasteiger partial charge in [0, 0.05) is 20.2 Å². The van der Waals surface area contributed by atoms with Crippen molar-refractivity contribution in [1.29, 1.82) is 0 Å². The zero-order valence-electron chi connectivity index (χ0n) is 11.9. The van der Waals surface area contributed by atoms with Gasteiger partial charge in [0.15, 0.2) is 0 Å². The van der Waals surface area contributed by atoms with Crippen LogP contribution in [0.3, 0.4) is 0 Å². The zero-order chi connectivity index (χ0) is 14.4. The quantitative estimate of drug-likeness (QED) is 0.849. The number of likely N-dealkylation sites (tertiary alicyclic amines) is 1. The molecule has 1 fully saturated rings. The number of hydrogen-bond acceptors (Lipinski definition) is 3. The fourth-order valence-corrected chi connectivity index (χ4v) is 2.60. The smallest absolute Gasteiger partial charge is 0.138 e. The van der Waals surface area contributed by atoms with Crippen LogP contribution in [0.4, 0.5) is 4.39 Å². The topological polar surface area (TPSA) is 38.5 Å². The van der Waals surface area contributed by atoms with Gasteiger partial charge in [0.05, 0.1) is 18.7 Å². The van der Waals surface area contributed by atoms with E-state index in [0.717, 1.165) is 38.2 Å². The lowest BCUT2D eigenvalue weighted by Gasteiger charge is -2.16. The molecule has 1 heterocycles. The van der Waals surface area contributed by atoms with E-state index in [2.05, 4.69) is 16.7 Å². The summed E-state index contributed by atoms with van der Waals surface area (Å²) in [5.41, 5.74) is 6.84. The second-order valence-electron chi connectivity index (χ2n) is 5.17. The van der Waals surface area contributed by atoms with Crippen LogP contribution in [-0.4, -0.2) is 38.3 Å². The average molecular weight is 276 g/mol. The van der Waals surface area contributed by atoms with E-state index in [9.17, 15) is 4.39 Å². The minimum Gasteiger partial charge on any atom is -0.384 e. The van der Waals surface area contributed by atoms with Gasteiger partial charge < -0.3 is 10.5 Å². The van der Waals surface area contributed by atoms with Crippen molar-refractivity contribution in [3.8, 4) is 11.8 Å². The predicted octanol–water partition coefficient (Wildman–Crippen LogP) is 1.60. The summed E-state index contributed by atoms with van der Waals surface area (Å²) in [6.07, 6.45) is 1.16. The first kappa shape index (κ1) is 15.0. The summed E-state index contributed by atoms with van der Waals surface area (Å²) in [5.74, 6) is 5.80. The molecule has 0 aliphatic carbocycles. The SMILES string of the molecule is COCC1CCN(Cc2ccc(F)c(C#CCN)c2)C1. The Morgan fingerprint density at radius 3 is 3.10 bits per heavy atom. The van der Waals surface area contributed by atoms with Crippen LogP contribution >= 0.6 is 0 Å². The van der Waals surface area contributed by atoms with Crippen LogP contribution in [0, 0.1) is 23.6 Å². The van der Waals surface area contributed by atoms with E-state index < -0.39 is 0 Å². The molecule has 1 aliphatic rings. The summed E-state index contributed by atoms with van der Waals surface area (Å²) in [7, 11) is 1.74. The van der Waals surface area contributed by atoms with Gasteiger partial charge in [-0.15, -0.1) is 0 Å². The Morgan fingerprint density at radius 1 is 1.50 bits per heavy atom. The predicted molar refractivity (Wildman–Crippen MR) is 77.6 cm³/mol. The number of benzene rings is 1. The average Bonchev–Trinajstić information content (AvgIpc) is 2.87. The van der Waals surface area contributed by atoms with Crippen LogP contribution in [0.1, 0.15) is 17.5 Å². The van der Waals surface area contributed by atoms with Crippen LogP contribution in [0.15, 0.2) is 18.2 Å². The monoisotopic (exact) mass is 276 g/mol. The first-order valence-corrected chi connectivity index (χ1v) is 6.91. The molecule has 0 spiro atoms. The third-order valence-corrected chi connectivity index (χ3v) is 3.53. The van der Waals surface area contributed by atoms with Gasteiger partial charge in [-0.1, -0.05) is 17.9 Å². The lowest BCUT2D eigenvalue weighted by atomic mass is 10.1. The molecule has 2 N–H and O–H groups in total. The Hall–Kier alpha value is -1.41. The van der Waals surface area contributed by atoms with Crippen molar-refractivity contribution in [3.05, 3.63) is 35.1 Å². The number of rotatable bonds is 4. The van der Waals surface area contributed by atoms with Gasteiger partial charge in [-0.3, -0.25) is 4.90 Å². The van der Waals surface area contributed by atoms with Gasteiger partial charge in [-0.2, -0.15) is 0 Å². The molecule has 0 saturated carbocycles. The molecule has 1 atom stereocenters. The number of ether oxygens (including phenoxy) is 1. The molecule has 3 nitrogen and oxygen atoms in total. The maximum Gasteiger partial charge on any atom is 0.138 e. The van der Waals surface area contributed by atoms with Gasteiger partial charge in [-0.25, -0.2) is 4.39 Å². The van der Waals surface area contributed by atoms with Gasteiger partial charge >= 0.3 is 0 Å². The summed E-state index contributed by atoms with van der Waals surface area (Å²) in [6, 6.07) is 5.13. The van der Waals surface area contributed by atoms with Crippen molar-refractivity contribution in [2.24, 2.45) is 11.7 Å². The molecule has 1 aromatic carbocycles. The summed E-state index contributed by atoms with van der Waals surface area (Å²) in [4.78, 5) is 2.37. The molecule has 20 heavy (non-hydrogen) atoms. The second-order valence-corrected chi connectivity index (χ2v) is 5.17. The van der Waals surface area contributed by atoms with Crippen molar-refractivity contribution in [3.63, 3.8) is 0 Å². The third kappa shape index (κ3) is 4.04. The molecular weight excluding hydrogens is 255 g/mol. The van der Waals surface area contributed by atoms with E-state index in [1.807, 2.05) is 12.1 Å². The minimum absolute atomic E-state index is 0.245. The molecule has 0 radical (unpaired) electrons. The number of methoxy groups -OCH3 is 1. The first-order valence-electron chi connectivity index (χ1n) is 6.91. The van der Waals surface area contributed by atoms with E-state index in [0.29, 0.717) is 11.5 Å². The van der Waals surface area contributed by atoms with Crippen LogP contribution in [0.5, 0.6) is 0 Å². The highest BCUT2D eigenvalue weighted by molar-refractivity contribution is 5.38. The molecule has 1 aliphatic heterocycles. The Kier molecular flexibility index (Phi) is 5.54. The van der Waals surface area contributed by atoms with Gasteiger partial charge in [0.25, 0.3) is 0 Å². The zero-order valence-corrected chi connectivity index (χ0v) is 11.9. The van der Waals surface area contributed by atoms with Crippen molar-refractivity contribution in [2.75, 3.05) is 33.4 Å². The summed E-state index contributed by atoms with van der Waals surface area (Å²) in [5, 5.41) is 0. The minimum atomic E-state index is -0.284. The standard InChI is InChI=1S/C16H21FN2O/c1-20-12-14-6-8-19(11-14)10-13-4-5-16(17)15(9-13)3-2-7-18/h4-5,9,14H,6-8,10-12,18H2,1H3. The summed E-state index contributed by atoms with van der Waals surface area (Å²) >= 11 is 0. The Morgan fingerprint density at radius 2 is 2.35 bits per heavy atom. The maximum absolute atomic E-state index is 13.6. The van der Waals surface area contributed by atoms with Crippen LogP contribution < -0.4 is 5.73 Å². The largest absolute Gasteiger partial charge is 0.384 e. The summed E-state index contributed by atoms with van der Waals surface area (Å²) < 4.78 is 18.8. The molecule has 1 unspecified atom stereocenters. The molecule has 0 amide bonds. The van der Waals surface area contributed by atoms with E-state index in [1.165, 1.54) is 6.07 Å². The van der Waals surface area contributed by atoms with Crippen LogP contribution in [-0.2, 0) is 11.3 Å². The molecule has 4 heteroatoms. The van der Waals surface area contributed by atoms with Gasteiger partial charge in [-0.05, 0) is 36.6 Å². The van der Waals surface area contributed by atoms with Gasteiger partial charge in [0.1, 0.15) is 5.82 Å². The Labute approximate surface area is 119 Å². The molecule has 1 saturated heterocycles. The molecule has 108 valence electrons. The molecular formula is C16H21FN2O. The van der Waals surface area contributed by atoms with Crippen molar-refractivity contribution < 1.29 is 9.13 Å². The lowest BCUT2D eigenvalue weighted by Crippen LogP contribution is -2.21. The highest BCUT2D eigenvalue weighted by Gasteiger charge is 2.22. The number of halogens is 1. The molecule has 0 bridgehead atoms. The molecule has 0 aromatic heterocycles. The van der Waals surface area contributed by atoms with Crippen molar-refractivity contribution in [2.45, 2.75) is 13.0 Å². The van der Waals surface area contributed by atoms with Crippen molar-refractivity contribution in [1.82, 2.24) is 4.90 Å². The van der Waals surface area contributed by atoms with E-state index in [4.69, 9.17) is 10.5 Å². The third-order valence-electron chi connectivity index (χ3n) is 3.53. The van der Waals surface area contributed by atoms with E-state index in [1.54, 1.807) is 7.11 Å². The number of hydrogen-bond donors (Lipinski definition) is 1. The number of nitrogens with two attached hydrogens (primary N) is 1. The summed E-state index contributed by atoms with van der Waals surface area (Å²) in [6.45, 7) is 3.99. The second kappa shape index (κ2) is 7.39. The van der Waals surface area contributed by atoms with E-state index >= 15 is 0 Å². The van der Waals surface area contributed by atoms with Gasteiger partial charge in [0.2, 0.25) is 0 Å².